The van der Waals surface area contributed by atoms with Crippen molar-refractivity contribution in [3.63, 3.8) is 0 Å². The van der Waals surface area contributed by atoms with Crippen molar-refractivity contribution in [2.45, 2.75) is 6.92 Å². The van der Waals surface area contributed by atoms with Gasteiger partial charge in [-0.15, -0.1) is 0 Å². The van der Waals surface area contributed by atoms with Crippen LogP contribution in [-0.2, 0) is 4.79 Å². The second kappa shape index (κ2) is 8.00. The normalized spacial score (nSPS) is 15.3. The van der Waals surface area contributed by atoms with Crippen LogP contribution in [0.3, 0.4) is 0 Å². The molecule has 0 aromatic heterocycles. The molecule has 1 saturated heterocycles. The number of amides is 1. The molecule has 1 aromatic carbocycles. The molecule has 1 aromatic rings. The van der Waals surface area contributed by atoms with E-state index in [9.17, 15) is 4.79 Å². The topological polar surface area (TPSA) is 44.8 Å². The summed E-state index contributed by atoms with van der Waals surface area (Å²) in [6.07, 6.45) is 0. The van der Waals surface area contributed by atoms with E-state index >= 15 is 0 Å². The molecule has 0 spiro atoms. The number of hydrogen-bond donors (Lipinski definition) is 1. The van der Waals surface area contributed by atoms with Crippen LogP contribution in [0.15, 0.2) is 24.3 Å². The highest BCUT2D eigenvalue weighted by atomic mass is 16.5. The molecule has 1 N–H and O–H groups in total. The van der Waals surface area contributed by atoms with Gasteiger partial charge in [0.15, 0.2) is 0 Å². The van der Waals surface area contributed by atoms with Crippen LogP contribution in [-0.4, -0.2) is 68.6 Å². The van der Waals surface area contributed by atoms with Crippen molar-refractivity contribution in [2.75, 3.05) is 52.9 Å². The van der Waals surface area contributed by atoms with Crippen LogP contribution in [0, 0.1) is 6.92 Å². The number of aryl methyl sites for hydroxylation is 1. The molecular formula is C16H25N3O2. The summed E-state index contributed by atoms with van der Waals surface area (Å²) >= 11 is 0. The minimum atomic E-state index is 0.203. The summed E-state index contributed by atoms with van der Waals surface area (Å²) in [6, 6.07) is 8.02. The Morgan fingerprint density at radius 3 is 2.62 bits per heavy atom. The number of likely N-dealkylation sites (N-methyl/N-ethyl adjacent to an activating group) is 1. The number of piperazine rings is 1. The first-order chi connectivity index (χ1) is 10.1. The summed E-state index contributed by atoms with van der Waals surface area (Å²) in [4.78, 5) is 16.0. The van der Waals surface area contributed by atoms with Gasteiger partial charge in [0.2, 0.25) is 5.91 Å². The average molecular weight is 291 g/mol. The number of nitrogens with zero attached hydrogens (tertiary/aromatic N) is 2. The van der Waals surface area contributed by atoms with Gasteiger partial charge in [0.05, 0.1) is 6.54 Å². The first-order valence-electron chi connectivity index (χ1n) is 7.51. The molecule has 0 bridgehead atoms. The molecule has 0 saturated carbocycles. The van der Waals surface area contributed by atoms with E-state index < -0.39 is 0 Å². The Balaban J connectivity index is 1.65. The maximum atomic E-state index is 12.1. The maximum Gasteiger partial charge on any atom is 0.236 e. The average Bonchev–Trinajstić information content (AvgIpc) is 2.50. The second-order valence-corrected chi connectivity index (χ2v) is 5.53. The molecule has 1 heterocycles. The Bertz CT molecular complexity index is 441. The Labute approximate surface area is 126 Å². The predicted octanol–water partition coefficient (Wildman–Crippen LogP) is 0.737. The molecule has 1 fully saturated rings. The summed E-state index contributed by atoms with van der Waals surface area (Å²) in [5.74, 6) is 1.08. The largest absolute Gasteiger partial charge is 0.492 e. The molecule has 116 valence electrons. The number of hydrogen-bond acceptors (Lipinski definition) is 4. The van der Waals surface area contributed by atoms with E-state index in [0.29, 0.717) is 13.2 Å². The molecule has 0 radical (unpaired) electrons. The highest BCUT2D eigenvalue weighted by Crippen LogP contribution is 2.11. The zero-order chi connectivity index (χ0) is 15.1. The number of nitrogens with one attached hydrogen (secondary N) is 1. The summed E-state index contributed by atoms with van der Waals surface area (Å²) < 4.78 is 5.68. The summed E-state index contributed by atoms with van der Waals surface area (Å²) in [6.45, 7) is 7.26. The zero-order valence-electron chi connectivity index (χ0n) is 13.0. The third-order valence-corrected chi connectivity index (χ3v) is 3.64. The molecule has 21 heavy (non-hydrogen) atoms. The van der Waals surface area contributed by atoms with E-state index in [1.165, 1.54) is 5.56 Å². The standard InChI is InChI=1S/C16H25N3O2/c1-14-3-5-15(6-4-14)21-12-11-18(2)13-16(20)19-9-7-17-8-10-19/h3-6,17H,7-13H2,1-2H3. The quantitative estimate of drug-likeness (QED) is 0.839. The van der Waals surface area contributed by atoms with Crippen LogP contribution in [0.1, 0.15) is 5.56 Å². The highest BCUT2D eigenvalue weighted by Gasteiger charge is 2.17. The van der Waals surface area contributed by atoms with Crippen molar-refractivity contribution in [1.82, 2.24) is 15.1 Å². The van der Waals surface area contributed by atoms with E-state index in [1.807, 2.05) is 41.1 Å². The molecule has 1 amide bonds. The summed E-state index contributed by atoms with van der Waals surface area (Å²) in [5.41, 5.74) is 1.22. The maximum absolute atomic E-state index is 12.1. The first-order valence-corrected chi connectivity index (χ1v) is 7.51. The molecule has 0 unspecified atom stereocenters. The van der Waals surface area contributed by atoms with Gasteiger partial charge in [-0.1, -0.05) is 17.7 Å². The SMILES string of the molecule is Cc1ccc(OCCN(C)CC(=O)N2CCNCC2)cc1. The van der Waals surface area contributed by atoms with Gasteiger partial charge in [-0.25, -0.2) is 0 Å². The lowest BCUT2D eigenvalue weighted by Crippen LogP contribution is -2.49. The van der Waals surface area contributed by atoms with Crippen molar-refractivity contribution in [3.8, 4) is 5.75 Å². The number of benzene rings is 1. The van der Waals surface area contributed by atoms with Crippen LogP contribution < -0.4 is 10.1 Å². The molecule has 1 aliphatic rings. The van der Waals surface area contributed by atoms with E-state index in [4.69, 9.17) is 4.74 Å². The summed E-state index contributed by atoms with van der Waals surface area (Å²) in [7, 11) is 1.96. The van der Waals surface area contributed by atoms with Crippen molar-refractivity contribution in [3.05, 3.63) is 29.8 Å². The van der Waals surface area contributed by atoms with Crippen LogP contribution >= 0.6 is 0 Å². The van der Waals surface area contributed by atoms with Crippen LogP contribution in [0.25, 0.3) is 0 Å². The lowest BCUT2D eigenvalue weighted by Gasteiger charge is -2.29. The predicted molar refractivity (Wildman–Crippen MR) is 83.6 cm³/mol. The third kappa shape index (κ3) is 5.36. The number of ether oxygens (including phenoxy) is 1. The minimum absolute atomic E-state index is 0.203. The lowest BCUT2D eigenvalue weighted by atomic mass is 10.2. The van der Waals surface area contributed by atoms with Crippen molar-refractivity contribution >= 4 is 5.91 Å². The Hall–Kier alpha value is -1.59. The fraction of sp³-hybridized carbons (Fsp3) is 0.562. The minimum Gasteiger partial charge on any atom is -0.492 e. The molecule has 1 aliphatic heterocycles. The third-order valence-electron chi connectivity index (χ3n) is 3.64. The fourth-order valence-corrected chi connectivity index (χ4v) is 2.28. The first kappa shape index (κ1) is 15.8. The Kier molecular flexibility index (Phi) is 6.02. The molecule has 5 heteroatoms. The van der Waals surface area contributed by atoms with E-state index in [-0.39, 0.29) is 5.91 Å². The molecular weight excluding hydrogens is 266 g/mol. The van der Waals surface area contributed by atoms with Crippen LogP contribution in [0.4, 0.5) is 0 Å². The van der Waals surface area contributed by atoms with E-state index in [1.54, 1.807) is 0 Å². The van der Waals surface area contributed by atoms with Crippen LogP contribution in [0.5, 0.6) is 5.75 Å². The van der Waals surface area contributed by atoms with Crippen molar-refractivity contribution < 1.29 is 9.53 Å². The van der Waals surface area contributed by atoms with E-state index in [2.05, 4.69) is 12.2 Å². The molecule has 0 aliphatic carbocycles. The van der Waals surface area contributed by atoms with Crippen molar-refractivity contribution in [2.24, 2.45) is 0 Å². The summed E-state index contributed by atoms with van der Waals surface area (Å²) in [5, 5.41) is 3.25. The smallest absolute Gasteiger partial charge is 0.236 e. The zero-order valence-corrected chi connectivity index (χ0v) is 13.0. The van der Waals surface area contributed by atoms with E-state index in [0.717, 1.165) is 38.5 Å². The monoisotopic (exact) mass is 291 g/mol. The number of carbonyl (C=O) groups is 1. The fourth-order valence-electron chi connectivity index (χ4n) is 2.28. The molecule has 5 nitrogen and oxygen atoms in total. The van der Waals surface area contributed by atoms with Crippen LogP contribution in [0.2, 0.25) is 0 Å². The van der Waals surface area contributed by atoms with Gasteiger partial charge in [-0.3, -0.25) is 9.69 Å². The van der Waals surface area contributed by atoms with Gasteiger partial charge >= 0.3 is 0 Å². The van der Waals surface area contributed by atoms with Gasteiger partial charge < -0.3 is 15.0 Å². The molecule has 2 rings (SSSR count). The van der Waals surface area contributed by atoms with Gasteiger partial charge in [0, 0.05) is 32.7 Å². The van der Waals surface area contributed by atoms with Gasteiger partial charge in [-0.05, 0) is 26.1 Å². The number of rotatable bonds is 6. The molecule has 0 atom stereocenters. The lowest BCUT2D eigenvalue weighted by molar-refractivity contribution is -0.132. The Morgan fingerprint density at radius 1 is 1.29 bits per heavy atom. The van der Waals surface area contributed by atoms with Gasteiger partial charge in [-0.2, -0.15) is 0 Å². The number of carbonyl (C=O) groups excluding carboxylic acids is 1. The van der Waals surface area contributed by atoms with Gasteiger partial charge in [0.25, 0.3) is 0 Å². The van der Waals surface area contributed by atoms with Crippen molar-refractivity contribution in [1.29, 1.82) is 0 Å². The second-order valence-electron chi connectivity index (χ2n) is 5.53. The Morgan fingerprint density at radius 2 is 1.95 bits per heavy atom. The van der Waals surface area contributed by atoms with Gasteiger partial charge in [0.1, 0.15) is 12.4 Å². The highest BCUT2D eigenvalue weighted by molar-refractivity contribution is 5.78.